The van der Waals surface area contributed by atoms with Crippen LogP contribution in [0.2, 0.25) is 0 Å². The number of rotatable bonds is 0. The van der Waals surface area contributed by atoms with Crippen molar-refractivity contribution in [1.82, 2.24) is 5.32 Å². The van der Waals surface area contributed by atoms with E-state index in [4.69, 9.17) is 0 Å². The van der Waals surface area contributed by atoms with Crippen molar-refractivity contribution in [3.63, 3.8) is 0 Å². The molecule has 0 N–H and O–H groups in total. The molecule has 1 radical (unpaired) electrons. The largest absolute Gasteiger partial charge is 0.265 e. The molecule has 1 aliphatic rings. The van der Waals surface area contributed by atoms with Crippen LogP contribution in [0.5, 0.6) is 0 Å². The third kappa shape index (κ3) is 1.44. The van der Waals surface area contributed by atoms with Gasteiger partial charge in [-0.1, -0.05) is 0 Å². The first-order chi connectivity index (χ1) is 2.50. The smallest absolute Gasteiger partial charge is 0.0268 e. The maximum atomic E-state index is 3.72. The summed E-state index contributed by atoms with van der Waals surface area (Å²) in [5, 5.41) is 3.72. The van der Waals surface area contributed by atoms with E-state index in [1.54, 1.807) is 12.4 Å². The summed E-state index contributed by atoms with van der Waals surface area (Å²) in [5.74, 6) is 0. The minimum Gasteiger partial charge on any atom is -0.265 e. The van der Waals surface area contributed by atoms with Gasteiger partial charge in [0.15, 0.2) is 0 Å². The molecule has 0 aliphatic carbocycles. The molecule has 0 unspecified atom stereocenters. The molecule has 0 amide bonds. The molecule has 0 fully saturated rings. The molecule has 0 aromatic heterocycles. The summed E-state index contributed by atoms with van der Waals surface area (Å²) in [5.41, 5.74) is 0. The molecule has 0 saturated heterocycles. The molecule has 6 heavy (non-hydrogen) atoms. The molecule has 0 bridgehead atoms. The molecule has 0 aromatic rings. The fraction of sp³-hybridized carbons (Fsp3) is 0. The molecule has 29 valence electrons. The number of hydrogen-bond donors (Lipinski definition) is 0. The van der Waals surface area contributed by atoms with Gasteiger partial charge in [-0.25, -0.2) is 0 Å². The molecule has 2 heteroatoms. The van der Waals surface area contributed by atoms with Crippen molar-refractivity contribution in [2.75, 3.05) is 0 Å². The van der Waals surface area contributed by atoms with Crippen molar-refractivity contribution in [2.24, 2.45) is 0 Å². The topological polar surface area (TPSA) is 14.1 Å². The molecule has 1 nitrogen and oxygen atoms in total. The van der Waals surface area contributed by atoms with Crippen molar-refractivity contribution in [3.8, 4) is 0 Å². The van der Waals surface area contributed by atoms with Crippen molar-refractivity contribution in [1.29, 1.82) is 0 Å². The minimum absolute atomic E-state index is 0. The zero-order chi connectivity index (χ0) is 3.54. The second kappa shape index (κ2) is 3.19. The Hall–Kier alpha value is -0.00571. The Kier molecular flexibility index (Phi) is 3.19. The minimum atomic E-state index is 0. The van der Waals surface area contributed by atoms with Gasteiger partial charge >= 0.3 is 0 Å². The normalized spacial score (nSPS) is 13.3. The summed E-state index contributed by atoms with van der Waals surface area (Å²) in [6.07, 6.45) is 7.28. The molecule has 1 heterocycles. The number of hydrogen-bond acceptors (Lipinski definition) is 0. The zero-order valence-corrected chi connectivity index (χ0v) is 4.82. The monoisotopic (exact) mass is 114 g/mol. The maximum Gasteiger partial charge on any atom is 0.0268 e. The first-order valence-corrected chi connectivity index (χ1v) is 1.52. The summed E-state index contributed by atoms with van der Waals surface area (Å²) < 4.78 is 0. The van der Waals surface area contributed by atoms with Crippen LogP contribution in [0.3, 0.4) is 0 Å². The summed E-state index contributed by atoms with van der Waals surface area (Å²) in [4.78, 5) is 0. The Morgan fingerprint density at radius 1 is 1.00 bits per heavy atom. The quantitative estimate of drug-likeness (QED) is 0.410. The van der Waals surface area contributed by atoms with Gasteiger partial charge in [-0.15, -0.1) is 0 Å². The first kappa shape index (κ1) is 5.99. The van der Waals surface area contributed by atoms with Crippen LogP contribution in [0.4, 0.5) is 0 Å². The SMILES string of the molecule is C1=C[N]C=C1.[Ti]. The van der Waals surface area contributed by atoms with E-state index < -0.39 is 0 Å². The molecular weight excluding hydrogens is 110 g/mol. The van der Waals surface area contributed by atoms with Crippen LogP contribution in [-0.2, 0) is 21.7 Å². The van der Waals surface area contributed by atoms with E-state index in [2.05, 4.69) is 5.32 Å². The van der Waals surface area contributed by atoms with Crippen LogP contribution in [0.1, 0.15) is 0 Å². The van der Waals surface area contributed by atoms with Crippen LogP contribution in [0, 0.1) is 0 Å². The molecular formula is C4H4NTi. The predicted molar refractivity (Wildman–Crippen MR) is 20.4 cm³/mol. The maximum absolute atomic E-state index is 3.72. The molecule has 0 saturated carbocycles. The molecule has 0 aromatic carbocycles. The van der Waals surface area contributed by atoms with E-state index in [1.165, 1.54) is 0 Å². The van der Waals surface area contributed by atoms with Crippen molar-refractivity contribution in [2.45, 2.75) is 0 Å². The van der Waals surface area contributed by atoms with Crippen LogP contribution < -0.4 is 5.32 Å². The average Bonchev–Trinajstić information content (AvgIpc) is 1.76. The Morgan fingerprint density at radius 2 is 1.50 bits per heavy atom. The first-order valence-electron chi connectivity index (χ1n) is 1.52. The van der Waals surface area contributed by atoms with E-state index >= 15 is 0 Å². The molecule has 1 aliphatic heterocycles. The predicted octanol–water partition coefficient (Wildman–Crippen LogP) is 0.629. The number of nitrogens with zero attached hydrogens (tertiary/aromatic N) is 1. The van der Waals surface area contributed by atoms with E-state index in [9.17, 15) is 0 Å². The third-order valence-electron chi connectivity index (χ3n) is 0.455. The van der Waals surface area contributed by atoms with Crippen LogP contribution in [-0.4, -0.2) is 0 Å². The van der Waals surface area contributed by atoms with Gasteiger partial charge in [0, 0.05) is 34.1 Å². The van der Waals surface area contributed by atoms with Gasteiger partial charge in [-0.3, -0.25) is 5.32 Å². The van der Waals surface area contributed by atoms with Gasteiger partial charge in [0.25, 0.3) is 0 Å². The van der Waals surface area contributed by atoms with Crippen molar-refractivity contribution in [3.05, 3.63) is 24.6 Å². The summed E-state index contributed by atoms with van der Waals surface area (Å²) in [7, 11) is 0. The van der Waals surface area contributed by atoms with E-state index in [0.29, 0.717) is 0 Å². The van der Waals surface area contributed by atoms with Gasteiger partial charge in [-0.05, 0) is 12.2 Å². The van der Waals surface area contributed by atoms with E-state index in [-0.39, 0.29) is 21.7 Å². The van der Waals surface area contributed by atoms with Crippen LogP contribution in [0.15, 0.2) is 24.6 Å². The van der Waals surface area contributed by atoms with Gasteiger partial charge < -0.3 is 0 Å². The zero-order valence-electron chi connectivity index (χ0n) is 3.26. The van der Waals surface area contributed by atoms with Crippen molar-refractivity contribution < 1.29 is 21.7 Å². The Bertz CT molecular complexity index is 65.6. The van der Waals surface area contributed by atoms with E-state index in [0.717, 1.165) is 0 Å². The summed E-state index contributed by atoms with van der Waals surface area (Å²) >= 11 is 0. The van der Waals surface area contributed by atoms with Gasteiger partial charge in [0.05, 0.1) is 0 Å². The van der Waals surface area contributed by atoms with E-state index in [1.807, 2.05) is 12.2 Å². The Balaban J connectivity index is 0.000000250. The fourth-order valence-electron chi connectivity index (χ4n) is 0.248. The fourth-order valence-corrected chi connectivity index (χ4v) is 0.248. The Labute approximate surface area is 52.0 Å². The third-order valence-corrected chi connectivity index (χ3v) is 0.455. The summed E-state index contributed by atoms with van der Waals surface area (Å²) in [6, 6.07) is 0. The standard InChI is InChI=1S/C4H4N.Ti/c1-2-4-5-3-1;/h1-4H;. The van der Waals surface area contributed by atoms with Crippen molar-refractivity contribution >= 4 is 0 Å². The molecule has 0 atom stereocenters. The molecule has 0 spiro atoms. The second-order valence-corrected chi connectivity index (χ2v) is 0.832. The number of allylic oxidation sites excluding steroid dienone is 2. The Morgan fingerprint density at radius 3 is 1.67 bits per heavy atom. The van der Waals surface area contributed by atoms with Gasteiger partial charge in [0.2, 0.25) is 0 Å². The summed E-state index contributed by atoms with van der Waals surface area (Å²) in [6.45, 7) is 0. The second-order valence-electron chi connectivity index (χ2n) is 0.832. The van der Waals surface area contributed by atoms with Gasteiger partial charge in [-0.2, -0.15) is 0 Å². The molecule has 1 rings (SSSR count). The van der Waals surface area contributed by atoms with Crippen LogP contribution >= 0.6 is 0 Å². The van der Waals surface area contributed by atoms with Gasteiger partial charge in [0.1, 0.15) is 0 Å². The average molecular weight is 114 g/mol. The van der Waals surface area contributed by atoms with Crippen LogP contribution in [0.25, 0.3) is 0 Å².